The van der Waals surface area contributed by atoms with Crippen molar-refractivity contribution < 1.29 is 4.74 Å². The zero-order valence-electron chi connectivity index (χ0n) is 12.8. The Bertz CT molecular complexity index is 375. The van der Waals surface area contributed by atoms with Crippen LogP contribution in [0.5, 0.6) is 0 Å². The summed E-state index contributed by atoms with van der Waals surface area (Å²) in [6, 6.07) is 7.10. The van der Waals surface area contributed by atoms with Crippen LogP contribution >= 0.6 is 0 Å². The Hall–Kier alpha value is -1.06. The van der Waals surface area contributed by atoms with Crippen molar-refractivity contribution in [2.24, 2.45) is 5.73 Å². The highest BCUT2D eigenvalue weighted by Gasteiger charge is 2.17. The Morgan fingerprint density at radius 3 is 2.47 bits per heavy atom. The molecule has 0 radical (unpaired) electrons. The SMILES string of the molecule is CCC(CC)N(CCOC)c1ccc(C)cc1CN. The number of aryl methyl sites for hydroxylation is 1. The molecule has 0 saturated carbocycles. The van der Waals surface area contributed by atoms with E-state index in [4.69, 9.17) is 10.5 Å². The van der Waals surface area contributed by atoms with E-state index in [2.05, 4.69) is 43.9 Å². The molecule has 0 fully saturated rings. The van der Waals surface area contributed by atoms with Crippen molar-refractivity contribution in [3.05, 3.63) is 29.3 Å². The predicted molar refractivity (Wildman–Crippen MR) is 82.7 cm³/mol. The van der Waals surface area contributed by atoms with E-state index in [0.29, 0.717) is 12.6 Å². The second-order valence-electron chi connectivity index (χ2n) is 4.99. The van der Waals surface area contributed by atoms with Gasteiger partial charge < -0.3 is 15.4 Å². The second-order valence-corrected chi connectivity index (χ2v) is 4.99. The van der Waals surface area contributed by atoms with Gasteiger partial charge in [-0.1, -0.05) is 31.5 Å². The van der Waals surface area contributed by atoms with E-state index < -0.39 is 0 Å². The van der Waals surface area contributed by atoms with E-state index in [-0.39, 0.29) is 0 Å². The van der Waals surface area contributed by atoms with E-state index in [9.17, 15) is 0 Å². The normalized spacial score (nSPS) is 11.1. The summed E-state index contributed by atoms with van der Waals surface area (Å²) in [4.78, 5) is 2.45. The first-order chi connectivity index (χ1) is 9.17. The van der Waals surface area contributed by atoms with Gasteiger partial charge in [0.25, 0.3) is 0 Å². The molecule has 0 heterocycles. The lowest BCUT2D eigenvalue weighted by Crippen LogP contribution is -2.38. The molecule has 2 N–H and O–H groups in total. The molecule has 19 heavy (non-hydrogen) atoms. The molecule has 0 atom stereocenters. The van der Waals surface area contributed by atoms with Crippen LogP contribution < -0.4 is 10.6 Å². The largest absolute Gasteiger partial charge is 0.383 e. The molecule has 108 valence electrons. The molecule has 0 aliphatic heterocycles. The maximum atomic E-state index is 5.91. The molecular formula is C16H28N2O. The topological polar surface area (TPSA) is 38.5 Å². The molecule has 0 unspecified atom stereocenters. The molecule has 3 nitrogen and oxygen atoms in total. The lowest BCUT2D eigenvalue weighted by Gasteiger charge is -2.34. The lowest BCUT2D eigenvalue weighted by atomic mass is 10.0. The first-order valence-electron chi connectivity index (χ1n) is 7.23. The van der Waals surface area contributed by atoms with Gasteiger partial charge in [-0.2, -0.15) is 0 Å². The number of nitrogens with zero attached hydrogens (tertiary/aromatic N) is 1. The maximum Gasteiger partial charge on any atom is 0.0637 e. The van der Waals surface area contributed by atoms with Crippen molar-refractivity contribution in [2.75, 3.05) is 25.2 Å². The molecule has 0 aliphatic rings. The molecule has 0 aliphatic carbocycles. The average Bonchev–Trinajstić information content (AvgIpc) is 2.43. The van der Waals surface area contributed by atoms with Crippen molar-refractivity contribution in [2.45, 2.75) is 46.2 Å². The smallest absolute Gasteiger partial charge is 0.0637 e. The van der Waals surface area contributed by atoms with Gasteiger partial charge >= 0.3 is 0 Å². The van der Waals surface area contributed by atoms with Crippen LogP contribution in [0.4, 0.5) is 5.69 Å². The summed E-state index contributed by atoms with van der Waals surface area (Å²) in [7, 11) is 1.75. The predicted octanol–water partition coefficient (Wildman–Crippen LogP) is 3.10. The van der Waals surface area contributed by atoms with Gasteiger partial charge in [-0.15, -0.1) is 0 Å². The fourth-order valence-electron chi connectivity index (χ4n) is 2.58. The minimum atomic E-state index is 0.545. The van der Waals surface area contributed by atoms with E-state index in [1.807, 2.05) is 0 Å². The third-order valence-electron chi connectivity index (χ3n) is 3.68. The van der Waals surface area contributed by atoms with E-state index in [0.717, 1.165) is 26.0 Å². The minimum Gasteiger partial charge on any atom is -0.383 e. The Balaban J connectivity index is 3.08. The minimum absolute atomic E-state index is 0.545. The van der Waals surface area contributed by atoms with Gasteiger partial charge in [0.15, 0.2) is 0 Å². The number of ether oxygens (including phenoxy) is 1. The zero-order chi connectivity index (χ0) is 14.3. The Kier molecular flexibility index (Phi) is 6.89. The number of nitrogens with two attached hydrogens (primary N) is 1. The van der Waals surface area contributed by atoms with Crippen molar-refractivity contribution in [1.82, 2.24) is 0 Å². The van der Waals surface area contributed by atoms with Crippen LogP contribution in [0.15, 0.2) is 18.2 Å². The standard InChI is InChI=1S/C16H28N2O/c1-5-15(6-2)18(9-10-19-4)16-8-7-13(3)11-14(16)12-17/h7-8,11,15H,5-6,9-10,12,17H2,1-4H3. The molecular weight excluding hydrogens is 236 g/mol. The quantitative estimate of drug-likeness (QED) is 0.784. The molecule has 0 bridgehead atoms. The molecule has 0 amide bonds. The van der Waals surface area contributed by atoms with E-state index in [1.54, 1.807) is 7.11 Å². The van der Waals surface area contributed by atoms with Gasteiger partial charge in [0.2, 0.25) is 0 Å². The fourth-order valence-corrected chi connectivity index (χ4v) is 2.58. The summed E-state index contributed by atoms with van der Waals surface area (Å²) in [6.07, 6.45) is 2.27. The Morgan fingerprint density at radius 1 is 1.26 bits per heavy atom. The Morgan fingerprint density at radius 2 is 1.95 bits per heavy atom. The summed E-state index contributed by atoms with van der Waals surface area (Å²) < 4.78 is 5.26. The van der Waals surface area contributed by atoms with Gasteiger partial charge in [-0.05, 0) is 31.4 Å². The first kappa shape index (κ1) is 16.0. The maximum absolute atomic E-state index is 5.91. The number of anilines is 1. The monoisotopic (exact) mass is 264 g/mol. The van der Waals surface area contributed by atoms with Crippen molar-refractivity contribution in [1.29, 1.82) is 0 Å². The first-order valence-corrected chi connectivity index (χ1v) is 7.23. The summed E-state index contributed by atoms with van der Waals surface area (Å²) in [5.41, 5.74) is 9.66. The average molecular weight is 264 g/mol. The number of rotatable bonds is 8. The van der Waals surface area contributed by atoms with Gasteiger partial charge in [0, 0.05) is 31.9 Å². The summed E-state index contributed by atoms with van der Waals surface area (Å²) in [5, 5.41) is 0. The van der Waals surface area contributed by atoms with Crippen LogP contribution in [0.2, 0.25) is 0 Å². The molecule has 3 heteroatoms. The number of hydrogen-bond acceptors (Lipinski definition) is 3. The summed E-state index contributed by atoms with van der Waals surface area (Å²) >= 11 is 0. The highest BCUT2D eigenvalue weighted by Crippen LogP contribution is 2.25. The van der Waals surface area contributed by atoms with Crippen molar-refractivity contribution in [3.8, 4) is 0 Å². The third-order valence-corrected chi connectivity index (χ3v) is 3.68. The summed E-state index contributed by atoms with van der Waals surface area (Å²) in [5.74, 6) is 0. The van der Waals surface area contributed by atoms with Gasteiger partial charge in [-0.3, -0.25) is 0 Å². The van der Waals surface area contributed by atoms with E-state index >= 15 is 0 Å². The number of benzene rings is 1. The van der Waals surface area contributed by atoms with Crippen molar-refractivity contribution >= 4 is 5.69 Å². The second kappa shape index (κ2) is 8.18. The van der Waals surface area contributed by atoms with Crippen LogP contribution in [0.25, 0.3) is 0 Å². The van der Waals surface area contributed by atoms with Crippen molar-refractivity contribution in [3.63, 3.8) is 0 Å². The highest BCUT2D eigenvalue weighted by atomic mass is 16.5. The molecule has 0 spiro atoms. The van der Waals surface area contributed by atoms with Crippen LogP contribution in [0.3, 0.4) is 0 Å². The van der Waals surface area contributed by atoms with Crippen LogP contribution in [-0.2, 0) is 11.3 Å². The van der Waals surface area contributed by atoms with Gasteiger partial charge in [-0.25, -0.2) is 0 Å². The molecule has 1 rings (SSSR count). The highest BCUT2D eigenvalue weighted by molar-refractivity contribution is 5.55. The zero-order valence-corrected chi connectivity index (χ0v) is 12.8. The van der Waals surface area contributed by atoms with Crippen LogP contribution in [0, 0.1) is 6.92 Å². The van der Waals surface area contributed by atoms with Gasteiger partial charge in [0.1, 0.15) is 0 Å². The molecule has 0 saturated heterocycles. The Labute approximate surface area is 117 Å². The molecule has 1 aromatic carbocycles. The molecule has 0 aromatic heterocycles. The van der Waals surface area contributed by atoms with Gasteiger partial charge in [0.05, 0.1) is 6.61 Å². The number of hydrogen-bond donors (Lipinski definition) is 1. The fraction of sp³-hybridized carbons (Fsp3) is 0.625. The van der Waals surface area contributed by atoms with Crippen LogP contribution in [0.1, 0.15) is 37.8 Å². The molecule has 1 aromatic rings. The van der Waals surface area contributed by atoms with Crippen LogP contribution in [-0.4, -0.2) is 26.3 Å². The third kappa shape index (κ3) is 4.22. The van der Waals surface area contributed by atoms with E-state index in [1.165, 1.54) is 16.8 Å². The number of methoxy groups -OCH3 is 1. The lowest BCUT2D eigenvalue weighted by molar-refractivity contribution is 0.202. The summed E-state index contributed by atoms with van der Waals surface area (Å²) in [6.45, 7) is 8.84.